The van der Waals surface area contributed by atoms with Crippen molar-refractivity contribution in [2.45, 2.75) is 44.6 Å². The third-order valence-electron chi connectivity index (χ3n) is 5.16. The third-order valence-corrected chi connectivity index (χ3v) is 5.16. The molecule has 2 atom stereocenters. The maximum atomic E-state index is 14.3. The van der Waals surface area contributed by atoms with Gasteiger partial charge in [0.25, 0.3) is 5.91 Å². The lowest BCUT2D eigenvalue weighted by Gasteiger charge is -2.27. The van der Waals surface area contributed by atoms with Crippen LogP contribution in [0.2, 0.25) is 0 Å². The zero-order valence-electron chi connectivity index (χ0n) is 18.3. The number of amides is 1. The van der Waals surface area contributed by atoms with Crippen LogP contribution in [0, 0.1) is 5.82 Å². The molecule has 3 aromatic rings. The fraction of sp³-hybridized carbons (Fsp3) is 0.400. The molecule has 1 saturated heterocycles. The van der Waals surface area contributed by atoms with E-state index in [2.05, 4.69) is 20.4 Å². The Bertz CT molecular complexity index is 1200. The summed E-state index contributed by atoms with van der Waals surface area (Å²) in [6.45, 7) is 2.06. The predicted molar refractivity (Wildman–Crippen MR) is 102 cm³/mol. The second-order valence-electron chi connectivity index (χ2n) is 7.10. The Balaban J connectivity index is 1.78. The normalized spacial score (nSPS) is 28.2. The van der Waals surface area contributed by atoms with E-state index >= 15 is 0 Å². The second kappa shape index (κ2) is 6.54. The molecule has 144 valence electrons. The van der Waals surface area contributed by atoms with Crippen LogP contribution in [0.25, 0.3) is 5.65 Å². The first-order valence-corrected chi connectivity index (χ1v) is 9.28. The minimum atomic E-state index is -1.98. The number of hydrogen-bond acceptors (Lipinski definition) is 5. The van der Waals surface area contributed by atoms with Crippen LogP contribution in [-0.2, 0) is 6.42 Å². The van der Waals surface area contributed by atoms with E-state index < -0.39 is 18.2 Å². The van der Waals surface area contributed by atoms with E-state index in [1.54, 1.807) is 12.3 Å². The van der Waals surface area contributed by atoms with Gasteiger partial charge in [-0.1, -0.05) is 0 Å². The van der Waals surface area contributed by atoms with Gasteiger partial charge < -0.3 is 10.2 Å². The largest absolute Gasteiger partial charge is 0.349 e. The van der Waals surface area contributed by atoms with Crippen molar-refractivity contribution < 1.29 is 13.3 Å². The SMILES string of the molecule is [2H]C1([2H])CCN2c3ccn4ncc(c4n3)C(=O)N[C@H](C)CCc3ncc(F)cc3[C@]21[2H]. The highest BCUT2D eigenvalue weighted by atomic mass is 19.1. The predicted octanol–water partition coefficient (Wildman–Crippen LogP) is 2.67. The van der Waals surface area contributed by atoms with E-state index in [1.165, 1.54) is 21.7 Å². The molecule has 0 unspecified atom stereocenters. The molecule has 0 radical (unpaired) electrons. The summed E-state index contributed by atoms with van der Waals surface area (Å²) < 4.78 is 42.3. The lowest BCUT2D eigenvalue weighted by molar-refractivity contribution is 0.0940. The van der Waals surface area contributed by atoms with Gasteiger partial charge >= 0.3 is 0 Å². The van der Waals surface area contributed by atoms with Gasteiger partial charge in [-0.3, -0.25) is 9.78 Å². The number of fused-ring (bicyclic) bond motifs is 5. The fourth-order valence-electron chi connectivity index (χ4n) is 3.73. The van der Waals surface area contributed by atoms with Crippen molar-refractivity contribution in [1.82, 2.24) is 24.9 Å². The van der Waals surface area contributed by atoms with Gasteiger partial charge in [0, 0.05) is 27.2 Å². The molecule has 5 heterocycles. The average molecular weight is 383 g/mol. The molecule has 8 heteroatoms. The molecule has 0 spiro atoms. The number of nitrogens with zero attached hydrogens (tertiary/aromatic N) is 5. The van der Waals surface area contributed by atoms with E-state index in [0.29, 0.717) is 35.6 Å². The lowest BCUT2D eigenvalue weighted by atomic mass is 9.98. The van der Waals surface area contributed by atoms with Gasteiger partial charge in [-0.25, -0.2) is 13.9 Å². The minimum absolute atomic E-state index is 0.0717. The summed E-state index contributed by atoms with van der Waals surface area (Å²) in [6, 6.07) is 0.666. The summed E-state index contributed by atoms with van der Waals surface area (Å²) >= 11 is 0. The van der Waals surface area contributed by atoms with E-state index in [9.17, 15) is 10.6 Å². The molecule has 5 rings (SSSR count). The summed E-state index contributed by atoms with van der Waals surface area (Å²) in [5.74, 6) is -0.617. The van der Waals surface area contributed by atoms with Gasteiger partial charge in [0.1, 0.15) is 17.2 Å². The Labute approximate surface area is 165 Å². The molecule has 7 nitrogen and oxygen atoms in total. The Morgan fingerprint density at radius 3 is 3.21 bits per heavy atom. The van der Waals surface area contributed by atoms with Crippen LogP contribution in [0.4, 0.5) is 10.2 Å². The first-order chi connectivity index (χ1) is 14.7. The molecule has 0 saturated carbocycles. The molecular weight excluding hydrogens is 359 g/mol. The van der Waals surface area contributed by atoms with Crippen LogP contribution in [0.5, 0.6) is 0 Å². The zero-order chi connectivity index (χ0) is 22.0. The Hall–Kier alpha value is -3.03. The first-order valence-electron chi connectivity index (χ1n) is 10.8. The smallest absolute Gasteiger partial charge is 0.256 e. The quantitative estimate of drug-likeness (QED) is 0.646. The molecule has 2 aliphatic heterocycles. The van der Waals surface area contributed by atoms with Crippen LogP contribution in [0.3, 0.4) is 0 Å². The molecule has 28 heavy (non-hydrogen) atoms. The standard InChI is InChI=1S/C20H21FN6O/c1-12-4-5-16-14(9-13(21)10-22-16)17-3-2-7-26(17)18-6-8-27-19(25-18)15(11-23-27)20(28)24-12/h6,8-12,17H,2-5,7H2,1H3,(H,24,28)/t12-,17-/m1/s1/i3D2,17D. The maximum Gasteiger partial charge on any atom is 0.256 e. The zero-order valence-corrected chi connectivity index (χ0v) is 15.3. The highest BCUT2D eigenvalue weighted by Crippen LogP contribution is 2.37. The summed E-state index contributed by atoms with van der Waals surface area (Å²) in [5, 5.41) is 7.10. The molecule has 0 aromatic carbocycles. The van der Waals surface area contributed by atoms with Crippen molar-refractivity contribution in [3.8, 4) is 0 Å². The van der Waals surface area contributed by atoms with Gasteiger partial charge in [0.15, 0.2) is 5.65 Å². The average Bonchev–Trinajstić information content (AvgIpc) is 3.25. The van der Waals surface area contributed by atoms with E-state index in [4.69, 9.17) is 2.74 Å². The molecule has 1 fully saturated rings. The van der Waals surface area contributed by atoms with E-state index in [-0.39, 0.29) is 30.5 Å². The number of halogens is 1. The maximum absolute atomic E-state index is 14.3. The van der Waals surface area contributed by atoms with Crippen molar-refractivity contribution in [3.05, 3.63) is 53.4 Å². The van der Waals surface area contributed by atoms with Crippen LogP contribution in [0.1, 0.15) is 57.9 Å². The van der Waals surface area contributed by atoms with E-state index in [0.717, 1.165) is 6.20 Å². The van der Waals surface area contributed by atoms with Crippen LogP contribution in [-0.4, -0.2) is 38.1 Å². The van der Waals surface area contributed by atoms with Gasteiger partial charge in [-0.15, -0.1) is 0 Å². The number of rotatable bonds is 0. The number of nitrogens with one attached hydrogen (secondary N) is 1. The fourth-order valence-corrected chi connectivity index (χ4v) is 3.73. The molecule has 1 amide bonds. The highest BCUT2D eigenvalue weighted by Gasteiger charge is 2.31. The number of pyridine rings is 1. The van der Waals surface area contributed by atoms with Crippen molar-refractivity contribution in [2.24, 2.45) is 0 Å². The Morgan fingerprint density at radius 1 is 1.43 bits per heavy atom. The van der Waals surface area contributed by atoms with Crippen molar-refractivity contribution in [2.75, 3.05) is 11.4 Å². The first kappa shape index (κ1) is 14.0. The lowest BCUT2D eigenvalue weighted by Crippen LogP contribution is -2.33. The van der Waals surface area contributed by atoms with Crippen LogP contribution >= 0.6 is 0 Å². The number of aromatic nitrogens is 4. The van der Waals surface area contributed by atoms with Crippen molar-refractivity contribution >= 4 is 17.4 Å². The van der Waals surface area contributed by atoms with E-state index in [1.807, 2.05) is 6.92 Å². The number of anilines is 1. The number of hydrogen-bond donors (Lipinski definition) is 1. The molecule has 2 aliphatic rings. The third kappa shape index (κ3) is 2.80. The Morgan fingerprint density at radius 2 is 2.32 bits per heavy atom. The molecule has 2 bridgehead atoms. The second-order valence-corrected chi connectivity index (χ2v) is 7.10. The van der Waals surface area contributed by atoms with Gasteiger partial charge in [-0.05, 0) is 50.3 Å². The number of aryl methyl sites for hydroxylation is 1. The topological polar surface area (TPSA) is 75.4 Å². The van der Waals surface area contributed by atoms with Crippen molar-refractivity contribution in [3.63, 3.8) is 0 Å². The number of carbonyl (C=O) groups is 1. The molecule has 0 aliphatic carbocycles. The number of carbonyl (C=O) groups excluding carboxylic acids is 1. The minimum Gasteiger partial charge on any atom is -0.349 e. The van der Waals surface area contributed by atoms with Gasteiger partial charge in [0.05, 0.1) is 19.8 Å². The van der Waals surface area contributed by atoms with Crippen molar-refractivity contribution in [1.29, 1.82) is 0 Å². The molecule has 1 N–H and O–H groups in total. The Kier molecular flexibility index (Phi) is 3.28. The van der Waals surface area contributed by atoms with Crippen LogP contribution in [0.15, 0.2) is 30.7 Å². The molecular formula is C20H21FN6O. The summed E-state index contributed by atoms with van der Waals surface area (Å²) in [7, 11) is 0. The summed E-state index contributed by atoms with van der Waals surface area (Å²) in [5.41, 5.74) is 1.24. The highest BCUT2D eigenvalue weighted by molar-refractivity contribution is 5.99. The van der Waals surface area contributed by atoms with Gasteiger partial charge in [-0.2, -0.15) is 5.10 Å². The molecule has 3 aromatic heterocycles. The summed E-state index contributed by atoms with van der Waals surface area (Å²) in [4.78, 5) is 23.1. The van der Waals surface area contributed by atoms with Gasteiger partial charge in [0.2, 0.25) is 0 Å². The van der Waals surface area contributed by atoms with Crippen LogP contribution < -0.4 is 10.2 Å². The monoisotopic (exact) mass is 383 g/mol. The summed E-state index contributed by atoms with van der Waals surface area (Å²) in [6.07, 6.45) is 3.09.